The minimum Gasteiger partial charge on any atom is -0.353 e. The van der Waals surface area contributed by atoms with E-state index in [0.29, 0.717) is 17.9 Å². The van der Waals surface area contributed by atoms with Crippen LogP contribution in [0.4, 0.5) is 5.95 Å². The maximum atomic E-state index is 11.1. The Hall–Kier alpha value is -1.03. The second-order valence-electron chi connectivity index (χ2n) is 3.37. The maximum absolute atomic E-state index is 11.1. The van der Waals surface area contributed by atoms with E-state index < -0.39 is 0 Å². The molecule has 4 nitrogen and oxygen atoms in total. The Bertz CT molecular complexity index is 376. The average molecular weight is 200 g/mol. The highest BCUT2D eigenvalue weighted by Crippen LogP contribution is 2.31. The van der Waals surface area contributed by atoms with Gasteiger partial charge in [-0.1, -0.05) is 18.5 Å². The van der Waals surface area contributed by atoms with Gasteiger partial charge in [-0.15, -0.1) is 0 Å². The van der Waals surface area contributed by atoms with Crippen LogP contribution in [0.3, 0.4) is 0 Å². The molecule has 1 saturated carbocycles. The van der Waals surface area contributed by atoms with Crippen molar-refractivity contribution < 1.29 is 0 Å². The van der Waals surface area contributed by atoms with Gasteiger partial charge in [0, 0.05) is 6.04 Å². The van der Waals surface area contributed by atoms with Crippen molar-refractivity contribution in [2.75, 3.05) is 5.32 Å². The molecule has 1 aliphatic carbocycles. The van der Waals surface area contributed by atoms with Gasteiger partial charge in [-0.2, -0.15) is 0 Å². The van der Waals surface area contributed by atoms with Crippen molar-refractivity contribution >= 4 is 17.5 Å². The zero-order chi connectivity index (χ0) is 9.42. The second kappa shape index (κ2) is 3.03. The molecule has 1 fully saturated rings. The average Bonchev–Trinajstić information content (AvgIpc) is 2.75. The van der Waals surface area contributed by atoms with Gasteiger partial charge < -0.3 is 5.32 Å². The summed E-state index contributed by atoms with van der Waals surface area (Å²) in [7, 11) is 0. The molecule has 0 aromatic carbocycles. The number of rotatable bonds is 2. The van der Waals surface area contributed by atoms with Crippen LogP contribution in [0, 0.1) is 5.92 Å². The number of hydrogen-bond donors (Lipinski definition) is 2. The van der Waals surface area contributed by atoms with Gasteiger partial charge in [0.25, 0.3) is 5.56 Å². The van der Waals surface area contributed by atoms with E-state index in [0.717, 1.165) is 6.42 Å². The third-order valence-electron chi connectivity index (χ3n) is 2.19. The van der Waals surface area contributed by atoms with Crippen molar-refractivity contribution in [2.24, 2.45) is 5.92 Å². The molecule has 0 spiro atoms. The van der Waals surface area contributed by atoms with Gasteiger partial charge in [0.2, 0.25) is 5.95 Å². The summed E-state index contributed by atoms with van der Waals surface area (Å²) < 4.78 is 0. The number of hydrogen-bond acceptors (Lipinski definition) is 3. The van der Waals surface area contributed by atoms with Crippen LogP contribution < -0.4 is 10.9 Å². The summed E-state index contributed by atoms with van der Waals surface area (Å²) in [5.74, 6) is 1.17. The van der Waals surface area contributed by atoms with E-state index in [2.05, 4.69) is 22.2 Å². The Labute approximate surface area is 80.3 Å². The molecular weight excluding hydrogens is 190 g/mol. The standard InChI is InChI=1S/C8H10ClN3O/c1-4-2-6(4)11-8-10-3-5(9)7(13)12-8/h3-4,6H,2H2,1H3,(H2,10,11,12,13). The first kappa shape index (κ1) is 8.56. The van der Waals surface area contributed by atoms with Crippen LogP contribution in [0.1, 0.15) is 13.3 Å². The smallest absolute Gasteiger partial charge is 0.271 e. The van der Waals surface area contributed by atoms with Gasteiger partial charge in [0.15, 0.2) is 0 Å². The van der Waals surface area contributed by atoms with Crippen molar-refractivity contribution in [1.82, 2.24) is 9.97 Å². The molecular formula is C8H10ClN3O. The summed E-state index contributed by atoms with van der Waals surface area (Å²) in [5, 5.41) is 3.23. The number of nitrogens with zero attached hydrogens (tertiary/aromatic N) is 1. The number of anilines is 1. The Morgan fingerprint density at radius 3 is 3.00 bits per heavy atom. The predicted octanol–water partition coefficient (Wildman–Crippen LogP) is 1.24. The molecule has 1 heterocycles. The molecule has 0 amide bonds. The normalized spacial score (nSPS) is 25.7. The Morgan fingerprint density at radius 1 is 1.77 bits per heavy atom. The van der Waals surface area contributed by atoms with Crippen LogP contribution in [-0.2, 0) is 0 Å². The third kappa shape index (κ3) is 1.83. The monoisotopic (exact) mass is 199 g/mol. The number of nitrogens with one attached hydrogen (secondary N) is 2. The minimum absolute atomic E-state index is 0.120. The summed E-state index contributed by atoms with van der Waals surface area (Å²) in [5.41, 5.74) is -0.299. The van der Waals surface area contributed by atoms with Crippen LogP contribution in [0.25, 0.3) is 0 Å². The van der Waals surface area contributed by atoms with Gasteiger partial charge in [-0.05, 0) is 12.3 Å². The number of aromatic amines is 1. The van der Waals surface area contributed by atoms with Gasteiger partial charge in [-0.3, -0.25) is 9.78 Å². The third-order valence-corrected chi connectivity index (χ3v) is 2.46. The van der Waals surface area contributed by atoms with Crippen molar-refractivity contribution in [3.63, 3.8) is 0 Å². The molecule has 70 valence electrons. The molecule has 0 bridgehead atoms. The summed E-state index contributed by atoms with van der Waals surface area (Å²) >= 11 is 5.53. The fourth-order valence-electron chi connectivity index (χ4n) is 1.15. The first-order valence-corrected chi connectivity index (χ1v) is 4.56. The molecule has 0 aliphatic heterocycles. The van der Waals surface area contributed by atoms with E-state index in [-0.39, 0.29) is 10.6 Å². The summed E-state index contributed by atoms with van der Waals surface area (Å²) in [6, 6.07) is 0.448. The topological polar surface area (TPSA) is 57.8 Å². The van der Waals surface area contributed by atoms with Crippen molar-refractivity contribution in [3.8, 4) is 0 Å². The zero-order valence-electron chi connectivity index (χ0n) is 7.17. The van der Waals surface area contributed by atoms with Crippen molar-refractivity contribution in [2.45, 2.75) is 19.4 Å². The van der Waals surface area contributed by atoms with Gasteiger partial charge in [0.1, 0.15) is 5.02 Å². The van der Waals surface area contributed by atoms with Gasteiger partial charge in [0.05, 0.1) is 6.20 Å². The fourth-order valence-corrected chi connectivity index (χ4v) is 1.25. The first-order chi connectivity index (χ1) is 6.16. The maximum Gasteiger partial charge on any atom is 0.271 e. The quantitative estimate of drug-likeness (QED) is 0.754. The van der Waals surface area contributed by atoms with Crippen LogP contribution in [-0.4, -0.2) is 16.0 Å². The lowest BCUT2D eigenvalue weighted by molar-refractivity contribution is 0.911. The van der Waals surface area contributed by atoms with E-state index >= 15 is 0 Å². The summed E-state index contributed by atoms with van der Waals surface area (Å²) in [4.78, 5) is 17.6. The van der Waals surface area contributed by atoms with Gasteiger partial charge in [-0.25, -0.2) is 4.98 Å². The number of aromatic nitrogens is 2. The zero-order valence-corrected chi connectivity index (χ0v) is 7.93. The molecule has 2 rings (SSSR count). The largest absolute Gasteiger partial charge is 0.353 e. The highest BCUT2D eigenvalue weighted by Gasteiger charge is 2.32. The van der Waals surface area contributed by atoms with Crippen LogP contribution in [0.2, 0.25) is 5.02 Å². The van der Waals surface area contributed by atoms with E-state index in [1.807, 2.05) is 0 Å². The lowest BCUT2D eigenvalue weighted by atomic mass is 10.5. The predicted molar refractivity (Wildman–Crippen MR) is 51.1 cm³/mol. The summed E-state index contributed by atoms with van der Waals surface area (Å²) in [6.07, 6.45) is 2.49. The van der Waals surface area contributed by atoms with Crippen molar-refractivity contribution in [1.29, 1.82) is 0 Å². The molecule has 0 saturated heterocycles. The first-order valence-electron chi connectivity index (χ1n) is 4.18. The Morgan fingerprint density at radius 2 is 2.46 bits per heavy atom. The minimum atomic E-state index is -0.299. The SMILES string of the molecule is CC1CC1Nc1ncc(Cl)c(=O)[nH]1. The molecule has 2 atom stereocenters. The van der Waals surface area contributed by atoms with E-state index in [9.17, 15) is 4.79 Å². The van der Waals surface area contributed by atoms with Crippen molar-refractivity contribution in [3.05, 3.63) is 21.6 Å². The highest BCUT2D eigenvalue weighted by molar-refractivity contribution is 6.30. The number of halogens is 1. The lowest BCUT2D eigenvalue weighted by Crippen LogP contribution is -2.14. The molecule has 13 heavy (non-hydrogen) atoms. The molecule has 2 unspecified atom stereocenters. The van der Waals surface area contributed by atoms with E-state index in [4.69, 9.17) is 11.6 Å². The Kier molecular flexibility index (Phi) is 2.00. The Balaban J connectivity index is 2.13. The molecule has 1 aromatic rings. The summed E-state index contributed by atoms with van der Waals surface area (Å²) in [6.45, 7) is 2.14. The molecule has 0 radical (unpaired) electrons. The van der Waals surface area contributed by atoms with Gasteiger partial charge >= 0.3 is 0 Å². The van der Waals surface area contributed by atoms with Crippen LogP contribution in [0.15, 0.2) is 11.0 Å². The number of H-pyrrole nitrogens is 1. The molecule has 1 aliphatic rings. The second-order valence-corrected chi connectivity index (χ2v) is 3.78. The molecule has 1 aromatic heterocycles. The van der Waals surface area contributed by atoms with E-state index in [1.54, 1.807) is 0 Å². The fraction of sp³-hybridized carbons (Fsp3) is 0.500. The highest BCUT2D eigenvalue weighted by atomic mass is 35.5. The van der Waals surface area contributed by atoms with E-state index in [1.165, 1.54) is 6.20 Å². The van der Waals surface area contributed by atoms with Crippen LogP contribution in [0.5, 0.6) is 0 Å². The molecule has 5 heteroatoms. The van der Waals surface area contributed by atoms with Crippen LogP contribution >= 0.6 is 11.6 Å². The lowest BCUT2D eigenvalue weighted by Gasteiger charge is -2.02. The molecule has 2 N–H and O–H groups in total.